The lowest BCUT2D eigenvalue weighted by Gasteiger charge is -2.35. The Kier molecular flexibility index (Phi) is 6.79. The van der Waals surface area contributed by atoms with Crippen LogP contribution < -0.4 is 10.6 Å². The van der Waals surface area contributed by atoms with Gasteiger partial charge < -0.3 is 15.5 Å². The Morgan fingerprint density at radius 1 is 1.33 bits per heavy atom. The zero-order valence-corrected chi connectivity index (χ0v) is 15.0. The summed E-state index contributed by atoms with van der Waals surface area (Å²) in [5, 5.41) is 5.70. The van der Waals surface area contributed by atoms with Crippen LogP contribution in [0.1, 0.15) is 50.4 Å². The van der Waals surface area contributed by atoms with Gasteiger partial charge in [-0.25, -0.2) is 0 Å². The molecule has 0 bridgehead atoms. The summed E-state index contributed by atoms with van der Waals surface area (Å²) in [7, 11) is 0. The van der Waals surface area contributed by atoms with Gasteiger partial charge in [-0.1, -0.05) is 6.07 Å². The van der Waals surface area contributed by atoms with Gasteiger partial charge in [-0.05, 0) is 63.8 Å². The van der Waals surface area contributed by atoms with Crippen LogP contribution in [0.25, 0.3) is 0 Å². The highest BCUT2D eigenvalue weighted by Crippen LogP contribution is 2.20. The van der Waals surface area contributed by atoms with Crippen molar-refractivity contribution in [3.05, 3.63) is 29.8 Å². The van der Waals surface area contributed by atoms with E-state index in [1.807, 2.05) is 0 Å². The van der Waals surface area contributed by atoms with Crippen LogP contribution in [0.2, 0.25) is 0 Å². The molecule has 2 amide bonds. The SMILES string of the molecule is CC(=O)Nc1cccc(C(=O)NCC[C@H]2CCCN(C(C)C)C2)c1. The average molecular weight is 331 g/mol. The molecule has 1 aromatic rings. The van der Waals surface area contributed by atoms with Crippen LogP contribution >= 0.6 is 0 Å². The molecule has 0 saturated carbocycles. The van der Waals surface area contributed by atoms with Gasteiger partial charge in [0.2, 0.25) is 5.91 Å². The number of nitrogens with one attached hydrogen (secondary N) is 2. The molecule has 2 N–H and O–H groups in total. The van der Waals surface area contributed by atoms with E-state index < -0.39 is 0 Å². The number of hydrogen-bond acceptors (Lipinski definition) is 3. The lowest BCUT2D eigenvalue weighted by Crippen LogP contribution is -2.40. The molecule has 1 atom stereocenters. The van der Waals surface area contributed by atoms with Crippen molar-refractivity contribution in [1.29, 1.82) is 0 Å². The molecule has 1 saturated heterocycles. The van der Waals surface area contributed by atoms with Crippen LogP contribution in [0.5, 0.6) is 0 Å². The second-order valence-electron chi connectivity index (χ2n) is 6.90. The van der Waals surface area contributed by atoms with Crippen LogP contribution in [0.15, 0.2) is 24.3 Å². The van der Waals surface area contributed by atoms with E-state index in [4.69, 9.17) is 0 Å². The first-order chi connectivity index (χ1) is 11.5. The van der Waals surface area contributed by atoms with Gasteiger partial charge in [-0.3, -0.25) is 9.59 Å². The number of benzene rings is 1. The van der Waals surface area contributed by atoms with Gasteiger partial charge in [0.1, 0.15) is 0 Å². The van der Waals surface area contributed by atoms with E-state index in [9.17, 15) is 9.59 Å². The molecule has 1 heterocycles. The standard InChI is InChI=1S/C19H29N3O2/c1-14(2)22-11-5-6-16(13-22)9-10-20-19(24)17-7-4-8-18(12-17)21-15(3)23/h4,7-8,12,14,16H,5-6,9-11,13H2,1-3H3,(H,20,24)(H,21,23)/t16-/m1/s1. The fourth-order valence-electron chi connectivity index (χ4n) is 3.24. The summed E-state index contributed by atoms with van der Waals surface area (Å²) >= 11 is 0. The third-order valence-corrected chi connectivity index (χ3v) is 4.56. The Morgan fingerprint density at radius 2 is 2.12 bits per heavy atom. The Morgan fingerprint density at radius 3 is 2.83 bits per heavy atom. The van der Waals surface area contributed by atoms with E-state index >= 15 is 0 Å². The molecular weight excluding hydrogens is 302 g/mol. The van der Waals surface area contributed by atoms with E-state index in [-0.39, 0.29) is 11.8 Å². The molecule has 0 aliphatic carbocycles. The van der Waals surface area contributed by atoms with E-state index in [1.54, 1.807) is 24.3 Å². The molecule has 132 valence electrons. The van der Waals surface area contributed by atoms with Gasteiger partial charge in [0.15, 0.2) is 0 Å². The molecular formula is C19H29N3O2. The summed E-state index contributed by atoms with van der Waals surface area (Å²) in [6.07, 6.45) is 3.51. The number of carbonyl (C=O) groups is 2. The molecule has 1 aliphatic heterocycles. The maximum absolute atomic E-state index is 12.3. The van der Waals surface area contributed by atoms with Gasteiger partial charge in [0.25, 0.3) is 5.91 Å². The molecule has 1 aliphatic rings. The van der Waals surface area contributed by atoms with Crippen molar-refractivity contribution in [1.82, 2.24) is 10.2 Å². The summed E-state index contributed by atoms with van der Waals surface area (Å²) in [6.45, 7) is 8.96. The number of anilines is 1. The topological polar surface area (TPSA) is 61.4 Å². The van der Waals surface area contributed by atoms with Crippen molar-refractivity contribution >= 4 is 17.5 Å². The van der Waals surface area contributed by atoms with Gasteiger partial charge in [-0.2, -0.15) is 0 Å². The number of piperidine rings is 1. The van der Waals surface area contributed by atoms with Crippen molar-refractivity contribution < 1.29 is 9.59 Å². The van der Waals surface area contributed by atoms with Crippen LogP contribution in [0.3, 0.4) is 0 Å². The Balaban J connectivity index is 1.80. The lowest BCUT2D eigenvalue weighted by molar-refractivity contribution is -0.114. The summed E-state index contributed by atoms with van der Waals surface area (Å²) in [6, 6.07) is 7.63. The first kappa shape index (κ1) is 18.5. The van der Waals surface area contributed by atoms with Crippen LogP contribution in [0.4, 0.5) is 5.69 Å². The number of carbonyl (C=O) groups excluding carboxylic acids is 2. The van der Waals surface area contributed by atoms with Gasteiger partial charge in [-0.15, -0.1) is 0 Å². The van der Waals surface area contributed by atoms with Gasteiger partial charge in [0, 0.05) is 37.3 Å². The van der Waals surface area contributed by atoms with Crippen molar-refractivity contribution in [2.45, 2.75) is 46.1 Å². The number of amides is 2. The summed E-state index contributed by atoms with van der Waals surface area (Å²) < 4.78 is 0. The number of rotatable bonds is 6. The van der Waals surface area contributed by atoms with Crippen LogP contribution in [-0.4, -0.2) is 42.4 Å². The fourth-order valence-corrected chi connectivity index (χ4v) is 3.24. The molecule has 24 heavy (non-hydrogen) atoms. The highest BCUT2D eigenvalue weighted by atomic mass is 16.2. The summed E-state index contributed by atoms with van der Waals surface area (Å²) in [5.74, 6) is 0.436. The van der Waals surface area contributed by atoms with Crippen molar-refractivity contribution in [3.63, 3.8) is 0 Å². The van der Waals surface area contributed by atoms with Crippen LogP contribution in [-0.2, 0) is 4.79 Å². The minimum Gasteiger partial charge on any atom is -0.352 e. The quantitative estimate of drug-likeness (QED) is 0.842. The second-order valence-corrected chi connectivity index (χ2v) is 6.90. The summed E-state index contributed by atoms with van der Waals surface area (Å²) in [5.41, 5.74) is 1.23. The van der Waals surface area contributed by atoms with E-state index in [2.05, 4.69) is 29.4 Å². The first-order valence-corrected chi connectivity index (χ1v) is 8.85. The highest BCUT2D eigenvalue weighted by Gasteiger charge is 2.21. The molecule has 0 aromatic heterocycles. The zero-order chi connectivity index (χ0) is 17.5. The van der Waals surface area contributed by atoms with E-state index in [0.717, 1.165) is 13.0 Å². The maximum atomic E-state index is 12.3. The third kappa shape index (κ3) is 5.64. The molecule has 1 aromatic carbocycles. The largest absolute Gasteiger partial charge is 0.352 e. The van der Waals surface area contributed by atoms with Gasteiger partial charge >= 0.3 is 0 Å². The Hall–Kier alpha value is -1.88. The average Bonchev–Trinajstić information content (AvgIpc) is 2.54. The minimum atomic E-state index is -0.139. The number of nitrogens with zero attached hydrogens (tertiary/aromatic N) is 1. The van der Waals surface area contributed by atoms with Crippen LogP contribution in [0, 0.1) is 5.92 Å². The monoisotopic (exact) mass is 331 g/mol. The van der Waals surface area contributed by atoms with Crippen molar-refractivity contribution in [3.8, 4) is 0 Å². The molecule has 0 unspecified atom stereocenters. The maximum Gasteiger partial charge on any atom is 0.251 e. The molecule has 2 rings (SSSR count). The summed E-state index contributed by atoms with van der Waals surface area (Å²) in [4.78, 5) is 25.9. The Labute approximate surface area is 144 Å². The van der Waals surface area contributed by atoms with E-state index in [0.29, 0.717) is 29.8 Å². The van der Waals surface area contributed by atoms with Gasteiger partial charge in [0.05, 0.1) is 0 Å². The van der Waals surface area contributed by atoms with Crippen molar-refractivity contribution in [2.24, 2.45) is 5.92 Å². The highest BCUT2D eigenvalue weighted by molar-refractivity contribution is 5.96. The third-order valence-electron chi connectivity index (χ3n) is 4.56. The molecule has 1 fully saturated rings. The molecule has 5 heteroatoms. The molecule has 0 radical (unpaired) electrons. The zero-order valence-electron chi connectivity index (χ0n) is 15.0. The predicted octanol–water partition coefficient (Wildman–Crippen LogP) is 2.89. The predicted molar refractivity (Wildman–Crippen MR) is 97.1 cm³/mol. The normalized spacial score (nSPS) is 18.4. The molecule has 0 spiro atoms. The number of hydrogen-bond donors (Lipinski definition) is 2. The second kappa shape index (κ2) is 8.83. The molecule has 5 nitrogen and oxygen atoms in total. The van der Waals surface area contributed by atoms with E-state index in [1.165, 1.54) is 26.3 Å². The first-order valence-electron chi connectivity index (χ1n) is 8.85. The smallest absolute Gasteiger partial charge is 0.251 e. The fraction of sp³-hybridized carbons (Fsp3) is 0.579. The number of likely N-dealkylation sites (tertiary alicyclic amines) is 1. The Bertz CT molecular complexity index is 571. The van der Waals surface area contributed by atoms with Crippen molar-refractivity contribution in [2.75, 3.05) is 25.0 Å². The minimum absolute atomic E-state index is 0.0845. The lowest BCUT2D eigenvalue weighted by atomic mass is 9.94.